The SMILES string of the molecule is O=C(CSc1ccc([N+](=O)[O-])cc1)O[C@H](C(=O)NC1CC1)c1ccccc1. The van der Waals surface area contributed by atoms with Crippen LogP contribution in [0.2, 0.25) is 0 Å². The Morgan fingerprint density at radius 1 is 1.15 bits per heavy atom. The zero-order chi connectivity index (χ0) is 19.2. The number of ether oxygens (including phenoxy) is 1. The second kappa shape index (κ2) is 8.68. The predicted molar refractivity (Wildman–Crippen MR) is 100 cm³/mol. The molecular weight excluding hydrogens is 368 g/mol. The van der Waals surface area contributed by atoms with Crippen LogP contribution >= 0.6 is 11.8 Å². The molecule has 0 heterocycles. The van der Waals surface area contributed by atoms with Gasteiger partial charge in [-0.05, 0) is 25.0 Å². The molecule has 27 heavy (non-hydrogen) atoms. The van der Waals surface area contributed by atoms with Crippen LogP contribution in [0.4, 0.5) is 5.69 Å². The van der Waals surface area contributed by atoms with E-state index in [1.807, 2.05) is 6.07 Å². The van der Waals surface area contributed by atoms with Crippen LogP contribution in [0.15, 0.2) is 59.5 Å². The summed E-state index contributed by atoms with van der Waals surface area (Å²) in [6.07, 6.45) is 0.894. The number of nitro groups is 1. The van der Waals surface area contributed by atoms with E-state index in [0.29, 0.717) is 10.5 Å². The molecule has 1 N–H and O–H groups in total. The molecule has 0 radical (unpaired) electrons. The molecule has 0 aliphatic heterocycles. The monoisotopic (exact) mass is 386 g/mol. The predicted octanol–water partition coefficient (Wildman–Crippen LogP) is 3.25. The Labute approximate surface area is 160 Å². The number of nitrogens with one attached hydrogen (secondary N) is 1. The fourth-order valence-electron chi connectivity index (χ4n) is 2.38. The summed E-state index contributed by atoms with van der Waals surface area (Å²) in [6.45, 7) is 0. The number of hydrogen-bond acceptors (Lipinski definition) is 6. The largest absolute Gasteiger partial charge is 0.447 e. The molecule has 8 heteroatoms. The van der Waals surface area contributed by atoms with Crippen molar-refractivity contribution < 1.29 is 19.2 Å². The smallest absolute Gasteiger partial charge is 0.317 e. The maximum absolute atomic E-state index is 12.4. The van der Waals surface area contributed by atoms with Crippen molar-refractivity contribution in [1.82, 2.24) is 5.32 Å². The van der Waals surface area contributed by atoms with E-state index in [1.165, 1.54) is 23.9 Å². The molecule has 0 spiro atoms. The van der Waals surface area contributed by atoms with Gasteiger partial charge in [-0.1, -0.05) is 30.3 Å². The van der Waals surface area contributed by atoms with Gasteiger partial charge in [0.25, 0.3) is 11.6 Å². The van der Waals surface area contributed by atoms with Gasteiger partial charge in [0.1, 0.15) is 0 Å². The zero-order valence-electron chi connectivity index (χ0n) is 14.4. The summed E-state index contributed by atoms with van der Waals surface area (Å²) < 4.78 is 5.43. The summed E-state index contributed by atoms with van der Waals surface area (Å²) in [5.74, 6) is -0.853. The Hall–Kier alpha value is -2.87. The third-order valence-corrected chi connectivity index (χ3v) is 4.90. The third kappa shape index (κ3) is 5.55. The molecule has 1 aliphatic carbocycles. The average molecular weight is 386 g/mol. The van der Waals surface area contributed by atoms with Gasteiger partial charge < -0.3 is 10.1 Å². The number of esters is 1. The Bertz CT molecular complexity index is 822. The van der Waals surface area contributed by atoms with Crippen LogP contribution in [-0.2, 0) is 14.3 Å². The van der Waals surface area contributed by atoms with Crippen molar-refractivity contribution in [3.8, 4) is 0 Å². The van der Waals surface area contributed by atoms with E-state index in [9.17, 15) is 19.7 Å². The lowest BCUT2D eigenvalue weighted by Gasteiger charge is -2.18. The molecule has 140 valence electrons. The molecule has 1 atom stereocenters. The molecule has 2 aromatic carbocycles. The van der Waals surface area contributed by atoms with Crippen LogP contribution in [0, 0.1) is 10.1 Å². The van der Waals surface area contributed by atoms with Crippen molar-refractivity contribution in [2.24, 2.45) is 0 Å². The Morgan fingerprint density at radius 2 is 1.81 bits per heavy atom. The topological polar surface area (TPSA) is 98.5 Å². The zero-order valence-corrected chi connectivity index (χ0v) is 15.2. The van der Waals surface area contributed by atoms with E-state index in [1.54, 1.807) is 36.4 Å². The van der Waals surface area contributed by atoms with Crippen molar-refractivity contribution in [3.05, 3.63) is 70.3 Å². The number of benzene rings is 2. The lowest BCUT2D eigenvalue weighted by molar-refractivity contribution is -0.384. The van der Waals surface area contributed by atoms with Crippen LogP contribution in [-0.4, -0.2) is 28.6 Å². The molecular formula is C19H18N2O5S. The van der Waals surface area contributed by atoms with Crippen molar-refractivity contribution in [2.75, 3.05) is 5.75 Å². The molecule has 2 aromatic rings. The summed E-state index contributed by atoms with van der Waals surface area (Å²) >= 11 is 1.20. The number of amides is 1. The second-order valence-corrected chi connectivity index (χ2v) is 7.15. The van der Waals surface area contributed by atoms with Crippen molar-refractivity contribution in [2.45, 2.75) is 29.9 Å². The Kier molecular flexibility index (Phi) is 6.08. The quantitative estimate of drug-likeness (QED) is 0.324. The van der Waals surface area contributed by atoms with Crippen LogP contribution in [0.3, 0.4) is 0 Å². The first-order valence-corrected chi connectivity index (χ1v) is 9.43. The van der Waals surface area contributed by atoms with Crippen molar-refractivity contribution in [1.29, 1.82) is 0 Å². The highest BCUT2D eigenvalue weighted by Crippen LogP contribution is 2.25. The number of hydrogen-bond donors (Lipinski definition) is 1. The lowest BCUT2D eigenvalue weighted by Crippen LogP contribution is -2.33. The van der Waals surface area contributed by atoms with Gasteiger partial charge in [-0.25, -0.2) is 0 Å². The lowest BCUT2D eigenvalue weighted by atomic mass is 10.1. The van der Waals surface area contributed by atoms with Crippen LogP contribution in [0.1, 0.15) is 24.5 Å². The van der Waals surface area contributed by atoms with E-state index in [0.717, 1.165) is 12.8 Å². The highest BCUT2D eigenvalue weighted by Gasteiger charge is 2.30. The summed E-state index contributed by atoms with van der Waals surface area (Å²) in [6, 6.07) is 14.9. The van der Waals surface area contributed by atoms with Gasteiger partial charge in [0.15, 0.2) is 0 Å². The summed E-state index contributed by atoms with van der Waals surface area (Å²) in [4.78, 5) is 35.6. The molecule has 1 aliphatic rings. The summed E-state index contributed by atoms with van der Waals surface area (Å²) in [7, 11) is 0. The fourth-order valence-corrected chi connectivity index (χ4v) is 3.06. The number of nitro benzene ring substituents is 1. The molecule has 0 saturated heterocycles. The number of thioether (sulfide) groups is 1. The molecule has 0 aromatic heterocycles. The molecule has 0 bridgehead atoms. The van der Waals surface area contributed by atoms with E-state index in [4.69, 9.17) is 4.74 Å². The number of rotatable bonds is 8. The standard InChI is InChI=1S/C19H18N2O5S/c22-17(12-27-16-10-8-15(9-11-16)21(24)25)26-18(13-4-2-1-3-5-13)19(23)20-14-6-7-14/h1-5,8-11,14,18H,6-7,12H2,(H,20,23)/t18-/m0/s1. The van der Waals surface area contributed by atoms with E-state index in [2.05, 4.69) is 5.32 Å². The number of nitrogens with zero attached hydrogens (tertiary/aromatic N) is 1. The van der Waals surface area contributed by atoms with E-state index in [-0.39, 0.29) is 23.4 Å². The fraction of sp³-hybridized carbons (Fsp3) is 0.263. The second-order valence-electron chi connectivity index (χ2n) is 6.10. The maximum Gasteiger partial charge on any atom is 0.317 e. The van der Waals surface area contributed by atoms with Crippen molar-refractivity contribution in [3.63, 3.8) is 0 Å². The number of non-ortho nitro benzene ring substituents is 1. The highest BCUT2D eigenvalue weighted by atomic mass is 32.2. The van der Waals surface area contributed by atoms with Gasteiger partial charge in [0.2, 0.25) is 6.10 Å². The van der Waals surface area contributed by atoms with E-state index < -0.39 is 17.0 Å². The minimum Gasteiger partial charge on any atom is -0.447 e. The Balaban J connectivity index is 1.60. The average Bonchev–Trinajstić information content (AvgIpc) is 3.49. The van der Waals surface area contributed by atoms with Gasteiger partial charge in [-0.15, -0.1) is 11.8 Å². The molecule has 7 nitrogen and oxygen atoms in total. The maximum atomic E-state index is 12.4. The van der Waals surface area contributed by atoms with Gasteiger partial charge in [-0.2, -0.15) is 0 Å². The van der Waals surface area contributed by atoms with Gasteiger partial charge in [-0.3, -0.25) is 19.7 Å². The Morgan fingerprint density at radius 3 is 2.41 bits per heavy atom. The normalized spacial score (nSPS) is 14.2. The molecule has 0 unspecified atom stereocenters. The molecule has 3 rings (SSSR count). The van der Waals surface area contributed by atoms with Gasteiger partial charge in [0.05, 0.1) is 10.7 Å². The summed E-state index contributed by atoms with van der Waals surface area (Å²) in [5.41, 5.74) is 0.604. The van der Waals surface area contributed by atoms with E-state index >= 15 is 0 Å². The first-order chi connectivity index (χ1) is 13.0. The van der Waals surface area contributed by atoms with Gasteiger partial charge in [0, 0.05) is 28.6 Å². The van der Waals surface area contributed by atoms with Crippen LogP contribution < -0.4 is 5.32 Å². The minimum atomic E-state index is -0.989. The number of carbonyl (C=O) groups excluding carboxylic acids is 2. The third-order valence-electron chi connectivity index (χ3n) is 3.92. The first kappa shape index (κ1) is 18.9. The molecule has 1 amide bonds. The number of carbonyl (C=O) groups is 2. The van der Waals surface area contributed by atoms with Crippen molar-refractivity contribution >= 4 is 29.3 Å². The highest BCUT2D eigenvalue weighted by molar-refractivity contribution is 8.00. The molecule has 1 fully saturated rings. The van der Waals surface area contributed by atoms with Crippen LogP contribution in [0.5, 0.6) is 0 Å². The molecule has 1 saturated carbocycles. The van der Waals surface area contributed by atoms with Gasteiger partial charge >= 0.3 is 5.97 Å². The van der Waals surface area contributed by atoms with Crippen LogP contribution in [0.25, 0.3) is 0 Å². The summed E-state index contributed by atoms with van der Waals surface area (Å²) in [5, 5.41) is 13.5. The minimum absolute atomic E-state index is 0.00213. The first-order valence-electron chi connectivity index (χ1n) is 8.45.